The van der Waals surface area contributed by atoms with Gasteiger partial charge in [0.2, 0.25) is 17.7 Å². The molecule has 60 heavy (non-hydrogen) atoms. The van der Waals surface area contributed by atoms with E-state index in [4.69, 9.17) is 18.9 Å². The zero-order valence-corrected chi connectivity index (χ0v) is 32.2. The second-order valence-electron chi connectivity index (χ2n) is 14.5. The fourth-order valence-corrected chi connectivity index (χ4v) is 7.61. The largest absolute Gasteiger partial charge is 0.491 e. The number of ether oxygens (including phenoxy) is 4. The molecule has 1 saturated heterocycles. The zero-order valence-electron chi connectivity index (χ0n) is 32.2. The van der Waals surface area contributed by atoms with Crippen molar-refractivity contribution in [2.75, 3.05) is 19.8 Å². The van der Waals surface area contributed by atoms with Crippen LogP contribution in [0.15, 0.2) is 85.3 Å². The van der Waals surface area contributed by atoms with Gasteiger partial charge in [0.25, 0.3) is 11.8 Å². The van der Waals surface area contributed by atoms with Gasteiger partial charge in [0.15, 0.2) is 11.4 Å². The van der Waals surface area contributed by atoms with E-state index in [1.807, 2.05) is 30.6 Å². The van der Waals surface area contributed by atoms with Crippen LogP contribution < -0.4 is 19.5 Å². The first-order valence-electron chi connectivity index (χ1n) is 19.3. The smallest absolute Gasteiger partial charge is 0.262 e. The molecule has 2 fully saturated rings. The maximum Gasteiger partial charge on any atom is 0.262 e. The predicted molar refractivity (Wildman–Crippen MR) is 215 cm³/mol. The number of rotatable bonds is 11. The van der Waals surface area contributed by atoms with Gasteiger partial charge in [-0.15, -0.1) is 0 Å². The normalized spacial score (nSPS) is 18.3. The summed E-state index contributed by atoms with van der Waals surface area (Å²) in [5.74, 6) is 4.72. The van der Waals surface area contributed by atoms with E-state index < -0.39 is 29.7 Å². The summed E-state index contributed by atoms with van der Waals surface area (Å²) in [6, 6.07) is 21.2. The highest BCUT2D eigenvalue weighted by Crippen LogP contribution is 2.34. The number of aryl methyl sites for hydroxylation is 1. The molecule has 0 radical (unpaired) electrons. The van der Waals surface area contributed by atoms with Crippen LogP contribution in [0.3, 0.4) is 0 Å². The van der Waals surface area contributed by atoms with Gasteiger partial charge < -0.3 is 23.5 Å². The Hall–Kier alpha value is -7.62. The number of imide groups is 2. The lowest BCUT2D eigenvalue weighted by Gasteiger charge is -2.35. The van der Waals surface area contributed by atoms with E-state index in [-0.39, 0.29) is 61.7 Å². The maximum absolute atomic E-state index is 13.0. The van der Waals surface area contributed by atoms with E-state index in [2.05, 4.69) is 68.0 Å². The van der Waals surface area contributed by atoms with Gasteiger partial charge in [-0.25, -0.2) is 9.97 Å². The molecule has 0 spiro atoms. The number of carbonyl (C=O) groups excluding carboxylic acids is 4. The second kappa shape index (κ2) is 16.0. The summed E-state index contributed by atoms with van der Waals surface area (Å²) in [5.41, 5.74) is 5.12. The van der Waals surface area contributed by atoms with Crippen LogP contribution in [0.25, 0.3) is 32.9 Å². The molecule has 6 heterocycles. The van der Waals surface area contributed by atoms with Crippen molar-refractivity contribution in [3.05, 3.63) is 108 Å². The minimum absolute atomic E-state index is 0.0432. The topological polar surface area (TPSA) is 188 Å². The van der Waals surface area contributed by atoms with Crippen molar-refractivity contribution in [3.8, 4) is 46.4 Å². The van der Waals surface area contributed by atoms with E-state index in [1.54, 1.807) is 24.4 Å². The summed E-state index contributed by atoms with van der Waals surface area (Å²) in [6.07, 6.45) is 6.72. The van der Waals surface area contributed by atoms with Crippen LogP contribution in [0, 0.1) is 23.2 Å². The minimum Gasteiger partial charge on any atom is -0.491 e. The molecule has 15 nitrogen and oxygen atoms in total. The lowest BCUT2D eigenvalue weighted by atomic mass is 9.92. The van der Waals surface area contributed by atoms with Gasteiger partial charge >= 0.3 is 0 Å². The molecule has 1 unspecified atom stereocenters. The first-order chi connectivity index (χ1) is 29.2. The zero-order chi connectivity index (χ0) is 41.3. The van der Waals surface area contributed by atoms with Gasteiger partial charge in [-0.2, -0.15) is 5.26 Å². The Kier molecular flexibility index (Phi) is 10.1. The average molecular weight is 802 g/mol. The van der Waals surface area contributed by atoms with E-state index >= 15 is 0 Å². The summed E-state index contributed by atoms with van der Waals surface area (Å²) in [6.45, 7) is 0.393. The maximum atomic E-state index is 13.0. The lowest BCUT2D eigenvalue weighted by molar-refractivity contribution is -0.136. The molecule has 9 rings (SSSR count). The number of carbonyl (C=O) groups is 4. The number of benzene rings is 2. The number of nitriles is 1. The van der Waals surface area contributed by atoms with Crippen molar-refractivity contribution in [1.82, 2.24) is 29.7 Å². The molecule has 15 heteroatoms. The molecular formula is C45H35N7O8. The molecule has 4 aromatic heterocycles. The Morgan fingerprint density at radius 1 is 0.850 bits per heavy atom. The number of aromatic nitrogens is 4. The molecule has 6 aromatic rings. The molecule has 0 bridgehead atoms. The van der Waals surface area contributed by atoms with Crippen LogP contribution in [0.2, 0.25) is 0 Å². The predicted octanol–water partition coefficient (Wildman–Crippen LogP) is 4.89. The number of amides is 4. The number of hydrogen-bond acceptors (Lipinski definition) is 12. The molecule has 1 N–H and O–H groups in total. The van der Waals surface area contributed by atoms with E-state index in [9.17, 15) is 24.4 Å². The third kappa shape index (κ3) is 7.34. The molecule has 2 aromatic carbocycles. The van der Waals surface area contributed by atoms with E-state index in [0.717, 1.165) is 37.8 Å². The SMILES string of the molecule is Cn1c2ccncc2c2ccc(-c3ccc(O[C@H]4C[C@H](Oc5ccc(C#CCOCCOc6ccc7c(c6)C(=O)N(C6CCC(=O)NC6=O)C7=O)nc5C#N)C4)nc3)cc21. The van der Waals surface area contributed by atoms with Crippen molar-refractivity contribution >= 4 is 45.4 Å². The monoisotopic (exact) mass is 801 g/mol. The molecule has 298 valence electrons. The molecule has 4 amide bonds. The Bertz CT molecular complexity index is 2830. The van der Waals surface area contributed by atoms with Gasteiger partial charge in [0, 0.05) is 72.8 Å². The van der Waals surface area contributed by atoms with Crippen molar-refractivity contribution in [1.29, 1.82) is 5.26 Å². The van der Waals surface area contributed by atoms with Crippen molar-refractivity contribution in [3.63, 3.8) is 0 Å². The highest BCUT2D eigenvalue weighted by Gasteiger charge is 2.44. The third-order valence-electron chi connectivity index (χ3n) is 10.8. The number of pyridine rings is 3. The highest BCUT2D eigenvalue weighted by molar-refractivity contribution is 6.23. The highest BCUT2D eigenvalue weighted by atomic mass is 16.5. The molecule has 1 aliphatic carbocycles. The Morgan fingerprint density at radius 2 is 1.68 bits per heavy atom. The van der Waals surface area contributed by atoms with Crippen molar-refractivity contribution in [2.24, 2.45) is 7.05 Å². The summed E-state index contributed by atoms with van der Waals surface area (Å²) in [7, 11) is 2.06. The van der Waals surface area contributed by atoms with Gasteiger partial charge in [0.1, 0.15) is 49.0 Å². The third-order valence-corrected chi connectivity index (χ3v) is 10.8. The first-order valence-corrected chi connectivity index (χ1v) is 19.3. The van der Waals surface area contributed by atoms with Crippen molar-refractivity contribution in [2.45, 2.75) is 43.9 Å². The molecule has 2 aliphatic heterocycles. The van der Waals surface area contributed by atoms with Gasteiger partial charge in [-0.1, -0.05) is 18.1 Å². The van der Waals surface area contributed by atoms with Gasteiger partial charge in [0.05, 0.1) is 23.3 Å². The van der Waals surface area contributed by atoms with Crippen LogP contribution >= 0.6 is 0 Å². The fourth-order valence-electron chi connectivity index (χ4n) is 7.61. The number of nitrogens with one attached hydrogen (secondary N) is 1. The van der Waals surface area contributed by atoms with Crippen LogP contribution in [0.4, 0.5) is 0 Å². The van der Waals surface area contributed by atoms with Crippen LogP contribution in [-0.4, -0.2) is 86.1 Å². The summed E-state index contributed by atoms with van der Waals surface area (Å²) < 4.78 is 25.6. The number of nitrogens with zero attached hydrogens (tertiary/aromatic N) is 6. The molecular weight excluding hydrogens is 767 g/mol. The second-order valence-corrected chi connectivity index (χ2v) is 14.5. The van der Waals surface area contributed by atoms with E-state index in [0.29, 0.717) is 35.9 Å². The Labute approximate surface area is 342 Å². The quantitative estimate of drug-likeness (QED) is 0.106. The Balaban J connectivity index is 0.710. The minimum atomic E-state index is -1.04. The van der Waals surface area contributed by atoms with Crippen molar-refractivity contribution < 1.29 is 38.1 Å². The summed E-state index contributed by atoms with van der Waals surface area (Å²) >= 11 is 0. The Morgan fingerprint density at radius 3 is 2.50 bits per heavy atom. The number of hydrogen-bond donors (Lipinski definition) is 1. The standard InChI is InChI=1S/C45H35N7O8/c1-51-37-14-15-47-25-35(37)32-8-4-26(19-39(32)51)27-5-13-42(48-24-27)60-31-20-30(21-31)59-40-11-6-28(49-36(40)23-46)3-2-16-57-17-18-58-29-7-9-33-34(22-29)45(56)52(44(33)55)38-10-12-41(53)50-43(38)54/h4-9,11,13-15,19,22,24-25,30-31,38H,10,12,16-18,20-21H2,1H3,(H,50,53,54)/t30-,31-,38?. The first kappa shape index (κ1) is 37.9. The molecule has 3 aliphatic rings. The van der Waals surface area contributed by atoms with Crippen LogP contribution in [0.1, 0.15) is 57.8 Å². The molecule has 1 atom stereocenters. The fraction of sp³-hybridized carbons (Fsp3) is 0.244. The number of piperidine rings is 1. The summed E-state index contributed by atoms with van der Waals surface area (Å²) in [4.78, 5) is 63.8. The van der Waals surface area contributed by atoms with Gasteiger partial charge in [-0.3, -0.25) is 34.4 Å². The average Bonchev–Trinajstić information content (AvgIpc) is 3.67. The molecule has 1 saturated carbocycles. The van der Waals surface area contributed by atoms with Crippen LogP contribution in [0.5, 0.6) is 17.4 Å². The van der Waals surface area contributed by atoms with Crippen LogP contribution in [-0.2, 0) is 21.4 Å². The number of fused-ring (bicyclic) bond motifs is 4. The van der Waals surface area contributed by atoms with Gasteiger partial charge in [-0.05, 0) is 66.4 Å². The van der Waals surface area contributed by atoms with E-state index in [1.165, 1.54) is 12.1 Å². The summed E-state index contributed by atoms with van der Waals surface area (Å²) in [5, 5.41) is 14.2. The lowest BCUT2D eigenvalue weighted by Crippen LogP contribution is -2.54.